The van der Waals surface area contributed by atoms with Gasteiger partial charge in [0.05, 0.1) is 11.6 Å². The summed E-state index contributed by atoms with van der Waals surface area (Å²) in [5.74, 6) is -0.289. The maximum absolute atomic E-state index is 12.9. The largest absolute Gasteiger partial charge is 0.355 e. The van der Waals surface area contributed by atoms with Gasteiger partial charge in [0.2, 0.25) is 5.91 Å². The molecule has 30 heavy (non-hydrogen) atoms. The van der Waals surface area contributed by atoms with Crippen LogP contribution in [-0.4, -0.2) is 51.5 Å². The molecule has 3 aromatic rings. The average molecular weight is 403 g/mol. The number of rotatable bonds is 6. The minimum Gasteiger partial charge on any atom is -0.355 e. The van der Waals surface area contributed by atoms with E-state index in [9.17, 15) is 9.59 Å². The Balaban J connectivity index is 1.32. The third kappa shape index (κ3) is 4.74. The van der Waals surface area contributed by atoms with Gasteiger partial charge in [-0.1, -0.05) is 30.3 Å². The third-order valence-electron chi connectivity index (χ3n) is 5.40. The number of benzene rings is 1. The van der Waals surface area contributed by atoms with Crippen molar-refractivity contribution in [2.45, 2.75) is 19.3 Å². The fraction of sp³-hybridized carbons (Fsp3) is 0.304. The van der Waals surface area contributed by atoms with Gasteiger partial charge >= 0.3 is 0 Å². The molecular weight excluding hydrogens is 378 g/mol. The molecule has 2 amide bonds. The summed E-state index contributed by atoms with van der Waals surface area (Å²) >= 11 is 0. The van der Waals surface area contributed by atoms with Crippen LogP contribution in [0.25, 0.3) is 11.3 Å². The van der Waals surface area contributed by atoms with Gasteiger partial charge in [-0.2, -0.15) is 5.10 Å². The molecule has 7 heteroatoms. The van der Waals surface area contributed by atoms with E-state index in [2.05, 4.69) is 32.6 Å². The van der Waals surface area contributed by atoms with Crippen molar-refractivity contribution in [2.75, 3.05) is 19.6 Å². The predicted molar refractivity (Wildman–Crippen MR) is 114 cm³/mol. The number of H-pyrrole nitrogens is 1. The molecule has 0 radical (unpaired) electrons. The quantitative estimate of drug-likeness (QED) is 0.662. The Morgan fingerprint density at radius 3 is 2.83 bits per heavy atom. The van der Waals surface area contributed by atoms with Crippen LogP contribution in [0, 0.1) is 5.92 Å². The molecule has 154 valence electrons. The number of piperidine rings is 1. The molecule has 0 saturated carbocycles. The number of amides is 2. The smallest absolute Gasteiger partial charge is 0.271 e. The van der Waals surface area contributed by atoms with E-state index < -0.39 is 0 Å². The van der Waals surface area contributed by atoms with Crippen LogP contribution in [0.3, 0.4) is 0 Å². The van der Waals surface area contributed by atoms with Crippen LogP contribution < -0.4 is 5.32 Å². The van der Waals surface area contributed by atoms with Crippen molar-refractivity contribution in [1.29, 1.82) is 0 Å². The number of likely N-dealkylation sites (tertiary alicyclic amines) is 1. The SMILES string of the molecule is O=C(NCCc1ccccc1)[C@H]1CCCN(C(=O)c2cc(-c3cccnc3)n[nH]2)C1. The van der Waals surface area contributed by atoms with E-state index in [0.29, 0.717) is 31.0 Å². The first kappa shape index (κ1) is 19.8. The average Bonchev–Trinajstić information content (AvgIpc) is 3.30. The highest BCUT2D eigenvalue weighted by Crippen LogP contribution is 2.21. The molecule has 2 aromatic heterocycles. The molecule has 0 unspecified atom stereocenters. The van der Waals surface area contributed by atoms with E-state index in [1.54, 1.807) is 23.4 Å². The number of nitrogens with one attached hydrogen (secondary N) is 2. The lowest BCUT2D eigenvalue weighted by Crippen LogP contribution is -2.45. The van der Waals surface area contributed by atoms with Crippen LogP contribution in [0.4, 0.5) is 0 Å². The Hall–Kier alpha value is -3.48. The lowest BCUT2D eigenvalue weighted by Gasteiger charge is -2.31. The summed E-state index contributed by atoms with van der Waals surface area (Å²) < 4.78 is 0. The predicted octanol–water partition coefficient (Wildman–Crippen LogP) is 2.68. The van der Waals surface area contributed by atoms with Crippen LogP contribution >= 0.6 is 0 Å². The van der Waals surface area contributed by atoms with Gasteiger partial charge in [-0.05, 0) is 43.0 Å². The standard InChI is InChI=1S/C23H25N5O2/c29-22(25-12-10-17-6-2-1-3-7-17)19-9-5-13-28(16-19)23(30)21-14-20(26-27-21)18-8-4-11-24-15-18/h1-4,6-8,11,14-15,19H,5,9-10,12-13,16H2,(H,25,29)(H,26,27)/t19-/m0/s1. The van der Waals surface area contributed by atoms with E-state index >= 15 is 0 Å². The van der Waals surface area contributed by atoms with Crippen molar-refractivity contribution in [1.82, 2.24) is 25.4 Å². The molecule has 1 fully saturated rings. The van der Waals surface area contributed by atoms with Crippen molar-refractivity contribution in [3.05, 3.63) is 72.2 Å². The van der Waals surface area contributed by atoms with E-state index in [0.717, 1.165) is 24.8 Å². The van der Waals surface area contributed by atoms with Gasteiger partial charge in [0.1, 0.15) is 5.69 Å². The van der Waals surface area contributed by atoms with Gasteiger partial charge in [0, 0.05) is 37.6 Å². The van der Waals surface area contributed by atoms with Gasteiger partial charge < -0.3 is 10.2 Å². The zero-order valence-electron chi connectivity index (χ0n) is 16.8. The van der Waals surface area contributed by atoms with Crippen LogP contribution in [0.15, 0.2) is 60.9 Å². The zero-order chi connectivity index (χ0) is 20.8. The molecule has 1 atom stereocenters. The number of hydrogen-bond acceptors (Lipinski definition) is 4. The Labute approximate surface area is 175 Å². The highest BCUT2D eigenvalue weighted by Gasteiger charge is 2.29. The molecular formula is C23H25N5O2. The number of hydrogen-bond donors (Lipinski definition) is 2. The minimum absolute atomic E-state index is 0.0177. The number of nitrogens with zero attached hydrogens (tertiary/aromatic N) is 3. The van der Waals surface area contributed by atoms with Crippen molar-refractivity contribution in [3.8, 4) is 11.3 Å². The molecule has 3 heterocycles. The van der Waals surface area contributed by atoms with Crippen molar-refractivity contribution >= 4 is 11.8 Å². The highest BCUT2D eigenvalue weighted by molar-refractivity contribution is 5.94. The molecule has 2 N–H and O–H groups in total. The molecule has 0 spiro atoms. The summed E-state index contributed by atoms with van der Waals surface area (Å²) in [4.78, 5) is 31.4. The van der Waals surface area contributed by atoms with Crippen molar-refractivity contribution in [2.24, 2.45) is 5.92 Å². The van der Waals surface area contributed by atoms with Crippen LogP contribution in [-0.2, 0) is 11.2 Å². The molecule has 7 nitrogen and oxygen atoms in total. The molecule has 0 bridgehead atoms. The van der Waals surface area contributed by atoms with E-state index in [1.165, 1.54) is 5.56 Å². The normalized spacial score (nSPS) is 16.3. The number of carbonyl (C=O) groups is 2. The molecule has 1 saturated heterocycles. The molecule has 4 rings (SSSR count). The Kier molecular flexibility index (Phi) is 6.17. The monoisotopic (exact) mass is 403 g/mol. The first-order valence-electron chi connectivity index (χ1n) is 10.3. The number of aromatic nitrogens is 3. The van der Waals surface area contributed by atoms with Gasteiger partial charge in [0.15, 0.2) is 0 Å². The topological polar surface area (TPSA) is 91.0 Å². The lowest BCUT2D eigenvalue weighted by molar-refractivity contribution is -0.126. The maximum Gasteiger partial charge on any atom is 0.271 e. The van der Waals surface area contributed by atoms with Crippen LogP contribution in [0.2, 0.25) is 0 Å². The molecule has 0 aliphatic carbocycles. The van der Waals surface area contributed by atoms with E-state index in [-0.39, 0.29) is 17.7 Å². The van der Waals surface area contributed by atoms with Gasteiger partial charge in [-0.15, -0.1) is 0 Å². The summed E-state index contributed by atoms with van der Waals surface area (Å²) in [7, 11) is 0. The summed E-state index contributed by atoms with van der Waals surface area (Å²) in [5, 5.41) is 10.1. The Morgan fingerprint density at radius 2 is 2.03 bits per heavy atom. The summed E-state index contributed by atoms with van der Waals surface area (Å²) in [6.45, 7) is 1.67. The fourth-order valence-corrected chi connectivity index (χ4v) is 3.76. The second-order valence-corrected chi connectivity index (χ2v) is 7.53. The Bertz CT molecular complexity index is 987. The van der Waals surface area contributed by atoms with Crippen LogP contribution in [0.5, 0.6) is 0 Å². The van der Waals surface area contributed by atoms with E-state index in [4.69, 9.17) is 0 Å². The maximum atomic E-state index is 12.9. The second kappa shape index (κ2) is 9.35. The first-order valence-corrected chi connectivity index (χ1v) is 10.3. The van der Waals surface area contributed by atoms with Crippen molar-refractivity contribution in [3.63, 3.8) is 0 Å². The highest BCUT2D eigenvalue weighted by atomic mass is 16.2. The van der Waals surface area contributed by atoms with Crippen LogP contribution in [0.1, 0.15) is 28.9 Å². The fourth-order valence-electron chi connectivity index (χ4n) is 3.76. The van der Waals surface area contributed by atoms with Gasteiger partial charge in [-0.3, -0.25) is 19.7 Å². The Morgan fingerprint density at radius 1 is 1.17 bits per heavy atom. The molecule has 1 aromatic carbocycles. The number of aromatic amines is 1. The summed E-state index contributed by atoms with van der Waals surface area (Å²) in [6.07, 6.45) is 5.81. The lowest BCUT2D eigenvalue weighted by atomic mass is 9.96. The first-order chi connectivity index (χ1) is 14.7. The van der Waals surface area contributed by atoms with E-state index in [1.807, 2.05) is 30.3 Å². The van der Waals surface area contributed by atoms with Gasteiger partial charge in [0.25, 0.3) is 5.91 Å². The third-order valence-corrected chi connectivity index (χ3v) is 5.40. The summed E-state index contributed by atoms with van der Waals surface area (Å²) in [6, 6.07) is 15.5. The van der Waals surface area contributed by atoms with Gasteiger partial charge in [-0.25, -0.2) is 0 Å². The molecule has 1 aliphatic heterocycles. The zero-order valence-corrected chi connectivity index (χ0v) is 16.8. The minimum atomic E-state index is -0.181. The number of carbonyl (C=O) groups excluding carboxylic acids is 2. The molecule has 1 aliphatic rings. The van der Waals surface area contributed by atoms with Crippen molar-refractivity contribution < 1.29 is 9.59 Å². The summed E-state index contributed by atoms with van der Waals surface area (Å²) in [5.41, 5.74) is 3.15. The second-order valence-electron chi connectivity index (χ2n) is 7.53. The number of pyridine rings is 1.